The number of aromatic nitrogens is 1. The molecule has 1 aromatic heterocycles. The molecule has 0 spiro atoms. The summed E-state index contributed by atoms with van der Waals surface area (Å²) in [4.78, 5) is 0. The highest BCUT2D eigenvalue weighted by atomic mass is 35.7. The zero-order valence-corrected chi connectivity index (χ0v) is 14.2. The lowest BCUT2D eigenvalue weighted by molar-refractivity contribution is -2.00. The maximum Gasteiger partial charge on any atom is 0.211 e. The van der Waals surface area contributed by atoms with Crippen LogP contribution in [-0.4, -0.2) is 0 Å². The fourth-order valence-corrected chi connectivity index (χ4v) is 3.21. The lowest BCUT2D eigenvalue weighted by Crippen LogP contribution is -2.68. The molecule has 1 aromatic carbocycles. The first-order valence-electron chi connectivity index (χ1n) is 7.39. The predicted octanol–water partition coefficient (Wildman–Crippen LogP) is -1.38. The molecule has 1 aliphatic carbocycles. The fourth-order valence-electron chi connectivity index (χ4n) is 3.21. The largest absolute Gasteiger partial charge is 0.222 e. The van der Waals surface area contributed by atoms with Crippen molar-refractivity contribution >= 4 is 0 Å². The molecule has 0 atom stereocenters. The van der Waals surface area contributed by atoms with Gasteiger partial charge in [0.25, 0.3) is 0 Å². The first kappa shape index (κ1) is 17.8. The highest BCUT2D eigenvalue weighted by Gasteiger charge is 2.18. The van der Waals surface area contributed by atoms with Gasteiger partial charge in [-0.05, 0) is 42.9 Å². The molecule has 23 heavy (non-hydrogen) atoms. The molecular formula is C17H20ClNO4. The summed E-state index contributed by atoms with van der Waals surface area (Å²) in [5, 5.41) is 0. The van der Waals surface area contributed by atoms with Crippen molar-refractivity contribution in [2.45, 2.75) is 40.0 Å². The summed E-state index contributed by atoms with van der Waals surface area (Å²) in [6, 6.07) is 11.4. The number of benzene rings is 1. The smallest absolute Gasteiger partial charge is 0.211 e. The van der Waals surface area contributed by atoms with Crippen LogP contribution < -0.4 is 23.2 Å². The van der Waals surface area contributed by atoms with Gasteiger partial charge in [-0.15, -0.1) is 10.2 Å². The second kappa shape index (κ2) is 6.95. The van der Waals surface area contributed by atoms with E-state index in [4.69, 9.17) is 18.6 Å². The highest BCUT2D eigenvalue weighted by molar-refractivity contribution is 5.39. The van der Waals surface area contributed by atoms with Gasteiger partial charge in [-0.25, -0.2) is 18.6 Å². The van der Waals surface area contributed by atoms with Crippen LogP contribution >= 0.6 is 0 Å². The molecule has 3 rings (SSSR count). The average molecular weight is 338 g/mol. The summed E-state index contributed by atoms with van der Waals surface area (Å²) in [5.74, 6) is 0. The van der Waals surface area contributed by atoms with Gasteiger partial charge in [0.2, 0.25) is 5.69 Å². The van der Waals surface area contributed by atoms with Gasteiger partial charge in [0, 0.05) is 38.1 Å². The van der Waals surface area contributed by atoms with Crippen LogP contribution in [0.1, 0.15) is 34.5 Å². The maximum absolute atomic E-state index is 8.49. The molecule has 0 unspecified atom stereocenters. The molecule has 0 N–H and O–H groups in total. The zero-order chi connectivity index (χ0) is 17.2. The maximum atomic E-state index is 8.49. The predicted molar refractivity (Wildman–Crippen MR) is 74.2 cm³/mol. The first-order chi connectivity index (χ1) is 10.6. The highest BCUT2D eigenvalue weighted by Crippen LogP contribution is 2.23. The van der Waals surface area contributed by atoms with E-state index in [1.165, 1.54) is 41.9 Å². The van der Waals surface area contributed by atoms with E-state index in [-0.39, 0.29) is 0 Å². The molecule has 0 amide bonds. The van der Waals surface area contributed by atoms with Gasteiger partial charge >= 0.3 is 0 Å². The summed E-state index contributed by atoms with van der Waals surface area (Å²) in [7, 11) is -4.94. The Balaban J connectivity index is 0.000000338. The number of rotatable bonds is 1. The summed E-state index contributed by atoms with van der Waals surface area (Å²) >= 11 is 0. The van der Waals surface area contributed by atoms with E-state index < -0.39 is 10.2 Å². The van der Waals surface area contributed by atoms with Gasteiger partial charge in [0.05, 0.1) is 0 Å². The topological polar surface area (TPSA) is 96.1 Å². The third-order valence-corrected chi connectivity index (χ3v) is 3.92. The molecule has 0 saturated carbocycles. The van der Waals surface area contributed by atoms with Crippen molar-refractivity contribution in [1.29, 1.82) is 0 Å². The average Bonchev–Trinajstić information content (AvgIpc) is 2.82. The molecule has 0 fully saturated rings. The monoisotopic (exact) mass is 337 g/mol. The number of fused-ring (bicyclic) bond motifs is 1. The molecule has 0 bridgehead atoms. The summed E-state index contributed by atoms with van der Waals surface area (Å²) < 4.78 is 36.3. The third kappa shape index (κ3) is 4.99. The van der Waals surface area contributed by atoms with Gasteiger partial charge in [0.1, 0.15) is 0 Å². The number of hydrogen-bond acceptors (Lipinski definition) is 4. The van der Waals surface area contributed by atoms with Crippen molar-refractivity contribution in [1.82, 2.24) is 0 Å². The van der Waals surface area contributed by atoms with Crippen LogP contribution in [0.15, 0.2) is 30.3 Å². The van der Waals surface area contributed by atoms with Crippen LogP contribution in [0.3, 0.4) is 0 Å². The quantitative estimate of drug-likeness (QED) is 0.599. The van der Waals surface area contributed by atoms with Crippen LogP contribution in [0.5, 0.6) is 0 Å². The molecule has 5 nitrogen and oxygen atoms in total. The fraction of sp³-hybridized carbons (Fsp3) is 0.353. The number of halogens is 1. The lowest BCUT2D eigenvalue weighted by Gasteiger charge is -2.17. The Labute approximate surface area is 138 Å². The number of aryl methyl sites for hydroxylation is 5. The van der Waals surface area contributed by atoms with E-state index in [1.807, 2.05) is 0 Å². The molecule has 1 aliphatic rings. The lowest BCUT2D eigenvalue weighted by atomic mass is 10.1. The van der Waals surface area contributed by atoms with E-state index in [1.54, 1.807) is 11.1 Å². The first-order valence-corrected chi connectivity index (χ1v) is 8.62. The Kier molecular flexibility index (Phi) is 5.39. The summed E-state index contributed by atoms with van der Waals surface area (Å²) in [6.07, 6.45) is 3.81. The van der Waals surface area contributed by atoms with Gasteiger partial charge in [-0.2, -0.15) is 4.57 Å². The van der Waals surface area contributed by atoms with Crippen molar-refractivity contribution in [3.05, 3.63) is 58.4 Å². The Hall–Kier alpha value is -1.50. The second-order valence-corrected chi connectivity index (χ2v) is 6.59. The summed E-state index contributed by atoms with van der Waals surface area (Å²) in [6.45, 7) is 6.54. The molecule has 0 saturated heterocycles. The Morgan fingerprint density at radius 3 is 1.91 bits per heavy atom. The number of pyridine rings is 1. The van der Waals surface area contributed by atoms with Crippen LogP contribution in [0.25, 0.3) is 5.69 Å². The molecule has 124 valence electrons. The van der Waals surface area contributed by atoms with Crippen molar-refractivity contribution in [3.8, 4) is 5.69 Å². The molecule has 6 heteroatoms. The minimum atomic E-state index is -4.94. The minimum absolute atomic E-state index is 1.24. The Morgan fingerprint density at radius 1 is 0.826 bits per heavy atom. The Bertz CT molecular complexity index is 681. The zero-order valence-electron chi connectivity index (χ0n) is 13.5. The van der Waals surface area contributed by atoms with E-state index in [0.717, 1.165) is 0 Å². The van der Waals surface area contributed by atoms with E-state index >= 15 is 0 Å². The van der Waals surface area contributed by atoms with Gasteiger partial charge in [-0.3, -0.25) is 0 Å². The van der Waals surface area contributed by atoms with Crippen LogP contribution in [0.4, 0.5) is 0 Å². The number of hydrogen-bond donors (Lipinski definition) is 0. The van der Waals surface area contributed by atoms with Gasteiger partial charge in [0.15, 0.2) is 11.4 Å². The van der Waals surface area contributed by atoms with E-state index in [0.29, 0.717) is 0 Å². The second-order valence-electron chi connectivity index (χ2n) is 5.84. The normalized spacial score (nSPS) is 13.3. The minimum Gasteiger partial charge on any atom is -0.222 e. The van der Waals surface area contributed by atoms with Crippen molar-refractivity contribution in [2.75, 3.05) is 0 Å². The van der Waals surface area contributed by atoms with Gasteiger partial charge < -0.3 is 0 Å². The molecule has 1 heterocycles. The van der Waals surface area contributed by atoms with E-state index in [9.17, 15) is 0 Å². The molecule has 0 aliphatic heterocycles. The third-order valence-electron chi connectivity index (χ3n) is 3.92. The summed E-state index contributed by atoms with van der Waals surface area (Å²) in [5.41, 5.74) is 8.35. The van der Waals surface area contributed by atoms with Gasteiger partial charge in [-0.1, -0.05) is 6.07 Å². The van der Waals surface area contributed by atoms with Crippen molar-refractivity contribution in [3.63, 3.8) is 0 Å². The molecular weight excluding hydrogens is 318 g/mol. The molecule has 2 aromatic rings. The van der Waals surface area contributed by atoms with Crippen molar-refractivity contribution in [2.24, 2.45) is 0 Å². The molecule has 0 radical (unpaired) electrons. The van der Waals surface area contributed by atoms with Crippen LogP contribution in [-0.2, 0) is 12.8 Å². The Morgan fingerprint density at radius 2 is 1.35 bits per heavy atom. The number of nitrogens with zero attached hydrogens (tertiary/aromatic N) is 1. The van der Waals surface area contributed by atoms with E-state index in [2.05, 4.69) is 55.7 Å². The van der Waals surface area contributed by atoms with Crippen LogP contribution in [0.2, 0.25) is 0 Å². The van der Waals surface area contributed by atoms with Crippen molar-refractivity contribution < 1.29 is 33.4 Å². The van der Waals surface area contributed by atoms with Crippen LogP contribution in [0, 0.1) is 31.0 Å². The standard InChI is InChI=1S/C17H20N.ClHO4/c1-12-9-13(2)18(14(3)10-12)17-8-7-15-5-4-6-16(15)11-17;2-1(3,4)5/h7-11H,4-6H2,1-3H3;(H,2,3,4,5)/q+1;/p-1. The SMILES string of the molecule is Cc1cc(C)[n+](-c2ccc3c(c2)CCC3)c(C)c1.[O-][Cl+3]([O-])([O-])[O-].